The van der Waals surface area contributed by atoms with Crippen LogP contribution >= 0.6 is 0 Å². The molecular formula is C22H35F3O2Si2. The van der Waals surface area contributed by atoms with Crippen molar-refractivity contribution in [1.29, 1.82) is 0 Å². The second-order valence-corrected chi connectivity index (χ2v) is 20.4. The lowest BCUT2D eigenvalue weighted by Crippen LogP contribution is -2.60. The smallest absolute Gasteiger partial charge is 0.402 e. The Hall–Kier alpha value is -0.976. The molecule has 0 radical (unpaired) electrons. The Morgan fingerprint density at radius 2 is 1.69 bits per heavy atom. The number of hydrogen-bond acceptors (Lipinski definition) is 2. The van der Waals surface area contributed by atoms with Crippen LogP contribution in [0.4, 0.5) is 13.2 Å². The number of halogens is 3. The first-order valence-corrected chi connectivity index (χ1v) is 16.7. The summed E-state index contributed by atoms with van der Waals surface area (Å²) in [4.78, 5) is 0. The van der Waals surface area contributed by atoms with E-state index in [-0.39, 0.29) is 23.5 Å². The highest BCUT2D eigenvalue weighted by atomic mass is 28.4. The molecule has 0 saturated heterocycles. The normalized spacial score (nSPS) is 28.6. The molecule has 0 aliphatic heterocycles. The molecule has 1 N–H and O–H groups in total. The van der Waals surface area contributed by atoms with Crippen LogP contribution < -0.4 is 0 Å². The molecule has 0 aromatic rings. The minimum Gasteiger partial charge on any atom is -0.544 e. The van der Waals surface area contributed by atoms with Crippen LogP contribution in [0.25, 0.3) is 0 Å². The van der Waals surface area contributed by atoms with E-state index in [2.05, 4.69) is 45.3 Å². The monoisotopic (exact) mass is 444 g/mol. The number of fused-ring (bicyclic) bond motifs is 1. The molecule has 7 heteroatoms. The van der Waals surface area contributed by atoms with Gasteiger partial charge in [-0.15, -0.1) is 5.54 Å². The van der Waals surface area contributed by atoms with E-state index >= 15 is 0 Å². The predicted octanol–water partition coefficient (Wildman–Crippen LogP) is 6.57. The van der Waals surface area contributed by atoms with E-state index in [1.54, 1.807) is 0 Å². The summed E-state index contributed by atoms with van der Waals surface area (Å²) < 4.78 is 49.8. The van der Waals surface area contributed by atoms with Gasteiger partial charge in [-0.1, -0.05) is 46.3 Å². The van der Waals surface area contributed by atoms with E-state index in [0.29, 0.717) is 18.6 Å². The summed E-state index contributed by atoms with van der Waals surface area (Å²) in [7, 11) is -4.12. The second-order valence-electron chi connectivity index (χ2n) is 11.0. The van der Waals surface area contributed by atoms with Crippen molar-refractivity contribution >= 4 is 16.4 Å². The van der Waals surface area contributed by atoms with Crippen molar-refractivity contribution in [2.45, 2.75) is 96.0 Å². The first-order valence-electron chi connectivity index (χ1n) is 10.3. The van der Waals surface area contributed by atoms with Crippen LogP contribution in [-0.2, 0) is 4.43 Å². The molecule has 29 heavy (non-hydrogen) atoms. The van der Waals surface area contributed by atoms with Crippen molar-refractivity contribution in [2.24, 2.45) is 5.41 Å². The Morgan fingerprint density at radius 3 is 2.17 bits per heavy atom. The summed E-state index contributed by atoms with van der Waals surface area (Å²) in [6.07, 6.45) is -1.05. The Labute approximate surface area is 175 Å². The topological polar surface area (TPSA) is 29.5 Å². The van der Waals surface area contributed by atoms with E-state index in [4.69, 9.17) is 4.43 Å². The molecule has 2 nitrogen and oxygen atoms in total. The standard InChI is InChI=1S/C22H35F3O2Si2/c1-19(2,3)29(7,8)27-18-11-13-21(22(23,24)25)17(16-18)10-9-12-20(21,26)14-15-28(4,5)6/h11,16,26H,9-10,12-13H2,1-8H3/t20-,21-/m1/s1. The number of rotatable bonds is 2. The van der Waals surface area contributed by atoms with Gasteiger partial charge in [-0.25, -0.2) is 0 Å². The van der Waals surface area contributed by atoms with Crippen molar-refractivity contribution in [3.05, 3.63) is 23.5 Å². The fourth-order valence-electron chi connectivity index (χ4n) is 3.72. The minimum absolute atomic E-state index is 0.0353. The van der Waals surface area contributed by atoms with Crippen molar-refractivity contribution in [3.8, 4) is 11.5 Å². The van der Waals surface area contributed by atoms with Gasteiger partial charge in [0.15, 0.2) is 0 Å². The summed E-state index contributed by atoms with van der Waals surface area (Å²) in [5.41, 5.74) is -1.25. The van der Waals surface area contributed by atoms with Crippen LogP contribution in [0, 0.1) is 16.9 Å². The third-order valence-corrected chi connectivity index (χ3v) is 11.7. The lowest BCUT2D eigenvalue weighted by molar-refractivity contribution is -0.262. The van der Waals surface area contributed by atoms with Gasteiger partial charge in [0.25, 0.3) is 0 Å². The first kappa shape index (κ1) is 24.3. The molecular weight excluding hydrogens is 409 g/mol. The number of aliphatic hydroxyl groups is 1. The van der Waals surface area contributed by atoms with Gasteiger partial charge >= 0.3 is 6.18 Å². The quantitative estimate of drug-likeness (QED) is 0.386. The molecule has 0 unspecified atom stereocenters. The molecule has 0 spiro atoms. The molecule has 0 aromatic carbocycles. The number of allylic oxidation sites excluding steroid dienone is 2. The highest BCUT2D eigenvalue weighted by Gasteiger charge is 2.69. The lowest BCUT2D eigenvalue weighted by Gasteiger charge is -2.51. The van der Waals surface area contributed by atoms with Crippen LogP contribution in [0.15, 0.2) is 23.5 Å². The molecule has 164 valence electrons. The summed E-state index contributed by atoms with van der Waals surface area (Å²) >= 11 is 0. The summed E-state index contributed by atoms with van der Waals surface area (Å²) in [6, 6.07) is 0. The van der Waals surface area contributed by atoms with E-state index < -0.39 is 33.6 Å². The Balaban J connectivity index is 2.53. The molecule has 1 saturated carbocycles. The molecule has 0 aromatic heterocycles. The van der Waals surface area contributed by atoms with E-state index in [0.717, 1.165) is 0 Å². The first-order chi connectivity index (χ1) is 12.8. The molecule has 1 fully saturated rings. The van der Waals surface area contributed by atoms with Gasteiger partial charge in [-0.3, -0.25) is 0 Å². The van der Waals surface area contributed by atoms with E-state index in [1.807, 2.05) is 19.6 Å². The van der Waals surface area contributed by atoms with Gasteiger partial charge in [-0.05, 0) is 61.5 Å². The zero-order valence-corrected chi connectivity index (χ0v) is 21.0. The Kier molecular flexibility index (Phi) is 6.13. The molecule has 2 aliphatic carbocycles. The second kappa shape index (κ2) is 7.31. The fourth-order valence-corrected chi connectivity index (χ4v) is 5.34. The van der Waals surface area contributed by atoms with E-state index in [9.17, 15) is 18.3 Å². The summed E-state index contributed by atoms with van der Waals surface area (Å²) in [6.45, 7) is 16.4. The van der Waals surface area contributed by atoms with Crippen molar-refractivity contribution < 1.29 is 22.7 Å². The third kappa shape index (κ3) is 4.54. The molecule has 2 rings (SSSR count). The molecule has 0 amide bonds. The summed E-state index contributed by atoms with van der Waals surface area (Å²) in [5.74, 6) is 3.23. The third-order valence-electron chi connectivity index (χ3n) is 6.47. The lowest BCUT2D eigenvalue weighted by atomic mass is 9.57. The van der Waals surface area contributed by atoms with E-state index in [1.165, 1.54) is 12.2 Å². The van der Waals surface area contributed by atoms with Crippen LogP contribution in [0.2, 0.25) is 37.8 Å². The Morgan fingerprint density at radius 1 is 1.10 bits per heavy atom. The van der Waals surface area contributed by atoms with Crippen molar-refractivity contribution in [3.63, 3.8) is 0 Å². The predicted molar refractivity (Wildman–Crippen MR) is 117 cm³/mol. The molecule has 0 heterocycles. The highest BCUT2D eigenvalue weighted by Crippen LogP contribution is 2.61. The highest BCUT2D eigenvalue weighted by molar-refractivity contribution is 6.83. The van der Waals surface area contributed by atoms with Crippen molar-refractivity contribution in [1.82, 2.24) is 0 Å². The largest absolute Gasteiger partial charge is 0.544 e. The molecule has 2 atom stereocenters. The van der Waals surface area contributed by atoms with Gasteiger partial charge in [0, 0.05) is 0 Å². The van der Waals surface area contributed by atoms with Crippen LogP contribution in [0.1, 0.15) is 46.5 Å². The average molecular weight is 445 g/mol. The fraction of sp³-hybridized carbons (Fsp3) is 0.727. The zero-order chi connectivity index (χ0) is 22.5. The summed E-state index contributed by atoms with van der Waals surface area (Å²) in [5, 5.41) is 11.2. The van der Waals surface area contributed by atoms with Gasteiger partial charge in [0.1, 0.15) is 19.1 Å². The minimum atomic E-state index is -4.60. The maximum atomic E-state index is 14.5. The van der Waals surface area contributed by atoms with Gasteiger partial charge in [0.2, 0.25) is 8.32 Å². The van der Waals surface area contributed by atoms with Crippen LogP contribution in [0.3, 0.4) is 0 Å². The molecule has 0 bridgehead atoms. The Bertz CT molecular complexity index is 773. The van der Waals surface area contributed by atoms with Gasteiger partial charge < -0.3 is 9.53 Å². The average Bonchev–Trinajstić information content (AvgIpc) is 2.50. The van der Waals surface area contributed by atoms with Gasteiger partial charge in [-0.2, -0.15) is 13.2 Å². The maximum Gasteiger partial charge on any atom is 0.402 e. The van der Waals surface area contributed by atoms with Crippen LogP contribution in [-0.4, -0.2) is 33.3 Å². The maximum absolute atomic E-state index is 14.5. The zero-order valence-electron chi connectivity index (χ0n) is 19.0. The van der Waals surface area contributed by atoms with Crippen molar-refractivity contribution in [2.75, 3.05) is 0 Å². The number of alkyl halides is 3. The SMILES string of the molecule is CC(C)(C)[Si](C)(C)OC1=CC[C@@]2(C(F)(F)F)C(=C1)CCC[C@@]2(O)C#C[Si](C)(C)C. The van der Waals surface area contributed by atoms with Crippen LogP contribution in [0.5, 0.6) is 0 Å². The molecule has 2 aliphatic rings. The number of hydrogen-bond donors (Lipinski definition) is 1. The van der Waals surface area contributed by atoms with Gasteiger partial charge in [0.05, 0.1) is 5.76 Å².